The van der Waals surface area contributed by atoms with Gasteiger partial charge in [-0.25, -0.2) is 4.79 Å². The molecule has 1 atom stereocenters. The highest BCUT2D eigenvalue weighted by Crippen LogP contribution is 2.43. The maximum Gasteiger partial charge on any atom is 0.338 e. The third kappa shape index (κ3) is 2.83. The van der Waals surface area contributed by atoms with Gasteiger partial charge in [-0.3, -0.25) is 4.79 Å². The van der Waals surface area contributed by atoms with E-state index in [2.05, 4.69) is 0 Å². The molecular formula is C19H15ClO3S. The van der Waals surface area contributed by atoms with Crippen LogP contribution < -0.4 is 0 Å². The van der Waals surface area contributed by atoms with Crippen molar-refractivity contribution < 1.29 is 14.3 Å². The average molecular weight is 359 g/mol. The van der Waals surface area contributed by atoms with E-state index < -0.39 is 11.9 Å². The van der Waals surface area contributed by atoms with Gasteiger partial charge in [0.05, 0.1) is 18.6 Å². The number of benzene rings is 1. The van der Waals surface area contributed by atoms with Crippen molar-refractivity contribution >= 4 is 40.8 Å². The standard InChI is InChI=1S/C19H15ClO3S/c1-11-16(13-7-3-4-8-15(13)20)18(21)14(17(11)19(22)23-2)10-12-6-5-9-24-12/h3-10,16H,1-2H3/b14-10-. The van der Waals surface area contributed by atoms with Gasteiger partial charge in [-0.15, -0.1) is 11.3 Å². The maximum absolute atomic E-state index is 13.1. The third-order valence-electron chi connectivity index (χ3n) is 4.06. The number of halogens is 1. The van der Waals surface area contributed by atoms with Crippen molar-refractivity contribution in [2.75, 3.05) is 7.11 Å². The fourth-order valence-corrected chi connectivity index (χ4v) is 3.85. The minimum atomic E-state index is -0.556. The maximum atomic E-state index is 13.1. The number of ether oxygens (including phenoxy) is 1. The zero-order chi connectivity index (χ0) is 17.3. The Morgan fingerprint density at radius 3 is 2.62 bits per heavy atom. The van der Waals surface area contributed by atoms with E-state index in [0.29, 0.717) is 27.3 Å². The van der Waals surface area contributed by atoms with Crippen LogP contribution in [0.25, 0.3) is 6.08 Å². The number of hydrogen-bond donors (Lipinski definition) is 0. The van der Waals surface area contributed by atoms with Gasteiger partial charge in [0.1, 0.15) is 0 Å². The lowest BCUT2D eigenvalue weighted by atomic mass is 9.92. The lowest BCUT2D eigenvalue weighted by Gasteiger charge is -2.12. The van der Waals surface area contributed by atoms with Gasteiger partial charge in [-0.2, -0.15) is 0 Å². The van der Waals surface area contributed by atoms with Gasteiger partial charge >= 0.3 is 5.97 Å². The van der Waals surface area contributed by atoms with E-state index in [0.717, 1.165) is 4.88 Å². The summed E-state index contributed by atoms with van der Waals surface area (Å²) in [5, 5.41) is 2.43. The van der Waals surface area contributed by atoms with Crippen LogP contribution in [-0.4, -0.2) is 18.9 Å². The molecular weight excluding hydrogens is 344 g/mol. The van der Waals surface area contributed by atoms with Gasteiger partial charge in [0, 0.05) is 15.5 Å². The van der Waals surface area contributed by atoms with E-state index in [1.54, 1.807) is 19.1 Å². The predicted octanol–water partition coefficient (Wildman–Crippen LogP) is 4.64. The number of thiophene rings is 1. The van der Waals surface area contributed by atoms with Gasteiger partial charge in [0.25, 0.3) is 0 Å². The Kier molecular flexibility index (Phi) is 4.69. The van der Waals surface area contributed by atoms with Gasteiger partial charge in [0.15, 0.2) is 5.78 Å². The van der Waals surface area contributed by atoms with Gasteiger partial charge < -0.3 is 4.74 Å². The number of methoxy groups -OCH3 is 1. The van der Waals surface area contributed by atoms with Gasteiger partial charge in [-0.05, 0) is 41.6 Å². The second-order valence-electron chi connectivity index (χ2n) is 5.44. The smallest absolute Gasteiger partial charge is 0.338 e. The van der Waals surface area contributed by atoms with Crippen molar-refractivity contribution in [3.05, 3.63) is 74.0 Å². The van der Waals surface area contributed by atoms with Gasteiger partial charge in [0.2, 0.25) is 0 Å². The molecule has 122 valence electrons. The summed E-state index contributed by atoms with van der Waals surface area (Å²) in [7, 11) is 1.32. The van der Waals surface area contributed by atoms with Crippen molar-refractivity contribution in [1.29, 1.82) is 0 Å². The normalized spacial score (nSPS) is 19.2. The van der Waals surface area contributed by atoms with Crippen LogP contribution in [0.3, 0.4) is 0 Å². The molecule has 1 aliphatic carbocycles. The molecule has 3 nitrogen and oxygen atoms in total. The van der Waals surface area contributed by atoms with Crippen molar-refractivity contribution in [2.45, 2.75) is 12.8 Å². The second kappa shape index (κ2) is 6.75. The van der Waals surface area contributed by atoms with Crippen LogP contribution in [0.2, 0.25) is 5.02 Å². The Labute approximate surface area is 149 Å². The molecule has 24 heavy (non-hydrogen) atoms. The molecule has 1 aromatic heterocycles. The van der Waals surface area contributed by atoms with E-state index in [4.69, 9.17) is 16.3 Å². The highest BCUT2D eigenvalue weighted by Gasteiger charge is 2.40. The molecule has 0 N–H and O–H groups in total. The molecule has 0 radical (unpaired) electrons. The molecule has 0 aliphatic heterocycles. The molecule has 3 rings (SSSR count). The van der Waals surface area contributed by atoms with Crippen molar-refractivity contribution in [3.8, 4) is 0 Å². The first-order valence-corrected chi connectivity index (χ1v) is 8.63. The van der Waals surface area contributed by atoms with Crippen molar-refractivity contribution in [2.24, 2.45) is 0 Å². The highest BCUT2D eigenvalue weighted by atomic mass is 35.5. The lowest BCUT2D eigenvalue weighted by molar-refractivity contribution is -0.136. The summed E-state index contributed by atoms with van der Waals surface area (Å²) in [4.78, 5) is 26.2. The second-order valence-corrected chi connectivity index (χ2v) is 6.83. The molecule has 0 bridgehead atoms. The van der Waals surface area contributed by atoms with Gasteiger partial charge in [-0.1, -0.05) is 35.9 Å². The number of allylic oxidation sites excluding steroid dienone is 1. The largest absolute Gasteiger partial charge is 0.465 e. The molecule has 0 saturated heterocycles. The molecule has 1 heterocycles. The molecule has 0 saturated carbocycles. The fraction of sp³-hybridized carbons (Fsp3) is 0.158. The zero-order valence-corrected chi connectivity index (χ0v) is 14.8. The first kappa shape index (κ1) is 16.7. The first-order chi connectivity index (χ1) is 11.5. The molecule has 1 aromatic carbocycles. The number of esters is 1. The van der Waals surface area contributed by atoms with E-state index in [1.807, 2.05) is 35.7 Å². The monoisotopic (exact) mass is 358 g/mol. The number of ketones is 1. The average Bonchev–Trinajstić information content (AvgIpc) is 3.16. The Bertz CT molecular complexity index is 862. The predicted molar refractivity (Wildman–Crippen MR) is 96.2 cm³/mol. The fourth-order valence-electron chi connectivity index (χ4n) is 2.95. The van der Waals surface area contributed by atoms with Crippen LogP contribution in [0.5, 0.6) is 0 Å². The summed E-state index contributed by atoms with van der Waals surface area (Å²) in [6.45, 7) is 1.79. The van der Waals surface area contributed by atoms with Crippen LogP contribution in [-0.2, 0) is 14.3 Å². The minimum absolute atomic E-state index is 0.130. The Balaban J connectivity index is 2.17. The van der Waals surface area contributed by atoms with Crippen LogP contribution in [0.4, 0.5) is 0 Å². The summed E-state index contributed by atoms with van der Waals surface area (Å²) in [6.07, 6.45) is 1.75. The lowest BCUT2D eigenvalue weighted by Crippen LogP contribution is -2.10. The summed E-state index contributed by atoms with van der Waals surface area (Å²) < 4.78 is 4.90. The van der Waals surface area contributed by atoms with Crippen LogP contribution in [0.1, 0.15) is 23.3 Å². The Hall–Kier alpha value is -2.17. The zero-order valence-electron chi connectivity index (χ0n) is 13.2. The molecule has 0 spiro atoms. The number of carbonyl (C=O) groups excluding carboxylic acids is 2. The van der Waals surface area contributed by atoms with Crippen molar-refractivity contribution in [1.82, 2.24) is 0 Å². The quantitative estimate of drug-likeness (QED) is 0.593. The summed E-state index contributed by atoms with van der Waals surface area (Å²) in [5.74, 6) is -1.19. The van der Waals surface area contributed by atoms with E-state index in [9.17, 15) is 9.59 Å². The van der Waals surface area contributed by atoms with E-state index >= 15 is 0 Å². The summed E-state index contributed by atoms with van der Waals surface area (Å²) in [6, 6.07) is 11.0. The molecule has 0 amide bonds. The third-order valence-corrected chi connectivity index (χ3v) is 5.22. The summed E-state index contributed by atoms with van der Waals surface area (Å²) in [5.41, 5.74) is 2.09. The number of carbonyl (C=O) groups is 2. The minimum Gasteiger partial charge on any atom is -0.465 e. The Morgan fingerprint density at radius 2 is 2.00 bits per heavy atom. The van der Waals surface area contributed by atoms with Crippen molar-refractivity contribution in [3.63, 3.8) is 0 Å². The molecule has 5 heteroatoms. The van der Waals surface area contributed by atoms with Crippen LogP contribution in [0.15, 0.2) is 58.5 Å². The molecule has 1 aliphatic rings. The number of rotatable bonds is 3. The topological polar surface area (TPSA) is 43.4 Å². The molecule has 1 unspecified atom stereocenters. The molecule has 0 fully saturated rings. The number of hydrogen-bond acceptors (Lipinski definition) is 4. The van der Waals surface area contributed by atoms with E-state index in [-0.39, 0.29) is 5.78 Å². The summed E-state index contributed by atoms with van der Waals surface area (Å²) >= 11 is 7.78. The SMILES string of the molecule is COC(=O)C1=C(C)C(c2ccccc2Cl)C(=O)/C1=C\c1cccs1. The molecule has 2 aromatic rings. The first-order valence-electron chi connectivity index (χ1n) is 7.38. The van der Waals surface area contributed by atoms with E-state index in [1.165, 1.54) is 18.4 Å². The Morgan fingerprint density at radius 1 is 1.25 bits per heavy atom. The van der Waals surface area contributed by atoms with Crippen LogP contribution >= 0.6 is 22.9 Å². The number of Topliss-reactive ketones (excluding diaryl/α,β-unsaturated/α-hetero) is 1. The highest BCUT2D eigenvalue weighted by molar-refractivity contribution is 7.10. The van der Waals surface area contributed by atoms with Crippen LogP contribution in [0, 0.1) is 0 Å².